The number of amides is 2. The van der Waals surface area contributed by atoms with E-state index in [1.54, 1.807) is 0 Å². The minimum absolute atomic E-state index is 0.141. The van der Waals surface area contributed by atoms with Crippen molar-refractivity contribution in [2.24, 2.45) is 5.92 Å². The van der Waals surface area contributed by atoms with Gasteiger partial charge in [0.1, 0.15) is 5.92 Å². The van der Waals surface area contributed by atoms with Crippen LogP contribution in [0.5, 0.6) is 0 Å². The first-order valence-electron chi connectivity index (χ1n) is 7.71. The van der Waals surface area contributed by atoms with Gasteiger partial charge < -0.3 is 15.7 Å². The third-order valence-corrected chi connectivity index (χ3v) is 4.48. The minimum atomic E-state index is -5.32. The highest BCUT2D eigenvalue weighted by Crippen LogP contribution is 2.44. The van der Waals surface area contributed by atoms with Gasteiger partial charge in [-0.2, -0.15) is 13.2 Å². The highest BCUT2D eigenvalue weighted by Gasteiger charge is 2.66. The van der Waals surface area contributed by atoms with Crippen molar-refractivity contribution in [2.75, 3.05) is 0 Å². The standard InChI is InChI=1S/C17H13ClF3N3O3/c18-11-5-1-3-9(7-11)13-12(14(25)10-4-2-6-22-8-10)16(27,17(19,20)21)24-15(26)23-13/h1-8,12-13,27H,(H2,23,24,26)/t12-,13+,16+/m0/s1. The quantitative estimate of drug-likeness (QED) is 0.692. The number of benzene rings is 1. The van der Waals surface area contributed by atoms with Gasteiger partial charge in [0.15, 0.2) is 5.78 Å². The number of nitrogens with zero attached hydrogens (tertiary/aromatic N) is 1. The van der Waals surface area contributed by atoms with E-state index in [2.05, 4.69) is 10.3 Å². The molecule has 1 fully saturated rings. The molecule has 3 N–H and O–H groups in total. The molecule has 1 aromatic carbocycles. The first kappa shape index (κ1) is 19.1. The van der Waals surface area contributed by atoms with E-state index in [1.165, 1.54) is 47.9 Å². The monoisotopic (exact) mass is 399 g/mol. The number of nitrogens with one attached hydrogen (secondary N) is 2. The lowest BCUT2D eigenvalue weighted by Crippen LogP contribution is -2.72. The van der Waals surface area contributed by atoms with Crippen molar-refractivity contribution in [1.82, 2.24) is 15.6 Å². The van der Waals surface area contributed by atoms with E-state index in [1.807, 2.05) is 0 Å². The number of carbonyl (C=O) groups excluding carboxylic acids is 2. The molecule has 142 valence electrons. The lowest BCUT2D eigenvalue weighted by atomic mass is 9.77. The highest BCUT2D eigenvalue weighted by atomic mass is 35.5. The number of urea groups is 1. The lowest BCUT2D eigenvalue weighted by Gasteiger charge is -2.45. The topological polar surface area (TPSA) is 91.3 Å². The second-order valence-corrected chi connectivity index (χ2v) is 6.42. The fourth-order valence-corrected chi connectivity index (χ4v) is 3.20. The van der Waals surface area contributed by atoms with Crippen molar-refractivity contribution in [3.63, 3.8) is 0 Å². The molecule has 6 nitrogen and oxygen atoms in total. The largest absolute Gasteiger partial charge is 0.437 e. The van der Waals surface area contributed by atoms with Gasteiger partial charge in [-0.25, -0.2) is 4.79 Å². The Balaban J connectivity index is 2.17. The van der Waals surface area contributed by atoms with E-state index >= 15 is 0 Å². The summed E-state index contributed by atoms with van der Waals surface area (Å²) in [4.78, 5) is 28.5. The van der Waals surface area contributed by atoms with Crippen molar-refractivity contribution in [1.29, 1.82) is 0 Å². The van der Waals surface area contributed by atoms with Gasteiger partial charge in [0.2, 0.25) is 5.72 Å². The number of halogens is 4. The van der Waals surface area contributed by atoms with Crippen molar-refractivity contribution in [3.05, 3.63) is 64.9 Å². The number of Topliss-reactive ketones (excluding diaryl/α,β-unsaturated/α-hetero) is 1. The van der Waals surface area contributed by atoms with Gasteiger partial charge in [0.25, 0.3) is 0 Å². The molecule has 0 bridgehead atoms. The molecule has 0 radical (unpaired) electrons. The molecule has 0 spiro atoms. The average molecular weight is 400 g/mol. The number of aliphatic hydroxyl groups is 1. The number of rotatable bonds is 3. The molecule has 3 rings (SSSR count). The number of hydrogen-bond acceptors (Lipinski definition) is 4. The van der Waals surface area contributed by atoms with Crippen molar-refractivity contribution >= 4 is 23.4 Å². The van der Waals surface area contributed by atoms with Crippen LogP contribution in [-0.2, 0) is 0 Å². The Morgan fingerprint density at radius 2 is 2.00 bits per heavy atom. The highest BCUT2D eigenvalue weighted by molar-refractivity contribution is 6.30. The summed E-state index contributed by atoms with van der Waals surface area (Å²) in [5.41, 5.74) is -3.78. The summed E-state index contributed by atoms with van der Waals surface area (Å²) in [6.45, 7) is 0. The molecule has 27 heavy (non-hydrogen) atoms. The number of alkyl halides is 3. The Labute approximate surface area is 156 Å². The van der Waals surface area contributed by atoms with Crippen LogP contribution in [0.15, 0.2) is 48.8 Å². The Bertz CT molecular complexity index is 878. The second-order valence-electron chi connectivity index (χ2n) is 5.98. The van der Waals surface area contributed by atoms with E-state index in [4.69, 9.17) is 11.6 Å². The zero-order valence-corrected chi connectivity index (χ0v) is 14.3. The summed E-state index contributed by atoms with van der Waals surface area (Å²) < 4.78 is 41.1. The van der Waals surface area contributed by atoms with Gasteiger partial charge in [0.05, 0.1) is 6.04 Å². The number of carbonyl (C=O) groups is 2. The number of hydrogen-bond donors (Lipinski definition) is 3. The summed E-state index contributed by atoms with van der Waals surface area (Å²) in [6.07, 6.45) is -2.88. The molecule has 0 saturated carbocycles. The van der Waals surface area contributed by atoms with Crippen molar-refractivity contribution in [3.8, 4) is 0 Å². The maximum absolute atomic E-state index is 13.7. The normalized spacial score (nSPS) is 25.4. The Morgan fingerprint density at radius 1 is 1.26 bits per heavy atom. The molecule has 1 aromatic heterocycles. The molecule has 3 atom stereocenters. The maximum atomic E-state index is 13.7. The molecule has 2 heterocycles. The molecule has 1 aliphatic heterocycles. The van der Waals surface area contributed by atoms with Gasteiger partial charge in [0, 0.05) is 23.0 Å². The minimum Gasteiger partial charge on any atom is -0.363 e. The van der Waals surface area contributed by atoms with E-state index in [-0.39, 0.29) is 16.1 Å². The smallest absolute Gasteiger partial charge is 0.363 e. The molecular weight excluding hydrogens is 387 g/mol. The first-order chi connectivity index (χ1) is 12.6. The summed E-state index contributed by atoms with van der Waals surface area (Å²) in [7, 11) is 0. The number of aromatic nitrogens is 1. The van der Waals surface area contributed by atoms with E-state index in [0.29, 0.717) is 0 Å². The number of ketones is 1. The molecule has 1 saturated heterocycles. The molecule has 0 unspecified atom stereocenters. The molecule has 10 heteroatoms. The van der Waals surface area contributed by atoms with Gasteiger partial charge in [-0.3, -0.25) is 9.78 Å². The number of pyridine rings is 1. The maximum Gasteiger partial charge on any atom is 0.437 e. The molecular formula is C17H13ClF3N3O3. The van der Waals surface area contributed by atoms with Crippen LogP contribution in [0.25, 0.3) is 0 Å². The van der Waals surface area contributed by atoms with Crippen LogP contribution in [0.3, 0.4) is 0 Å². The predicted octanol–water partition coefficient (Wildman–Crippen LogP) is 2.84. The van der Waals surface area contributed by atoms with Gasteiger partial charge >= 0.3 is 12.2 Å². The molecule has 2 amide bonds. The van der Waals surface area contributed by atoms with Gasteiger partial charge in [-0.05, 0) is 29.8 Å². The molecule has 0 aliphatic carbocycles. The Morgan fingerprint density at radius 3 is 2.59 bits per heavy atom. The molecule has 2 aromatic rings. The van der Waals surface area contributed by atoms with E-state index < -0.39 is 35.7 Å². The summed E-state index contributed by atoms with van der Waals surface area (Å²) in [5, 5.41) is 14.3. The SMILES string of the molecule is O=C1N[C@H](c2cccc(Cl)c2)[C@@H](C(=O)c2cccnc2)[C@@](O)(C(F)(F)F)N1. The third kappa shape index (κ3) is 3.47. The van der Waals surface area contributed by atoms with Crippen molar-refractivity contribution in [2.45, 2.75) is 17.9 Å². The van der Waals surface area contributed by atoms with Crippen LogP contribution >= 0.6 is 11.6 Å². The fraction of sp³-hybridized carbons (Fsp3) is 0.235. The van der Waals surface area contributed by atoms with Crippen LogP contribution in [0.2, 0.25) is 5.02 Å². The summed E-state index contributed by atoms with van der Waals surface area (Å²) in [6, 6.07) is 5.58. The summed E-state index contributed by atoms with van der Waals surface area (Å²) >= 11 is 5.90. The van der Waals surface area contributed by atoms with Crippen LogP contribution in [-0.4, -0.2) is 33.8 Å². The van der Waals surface area contributed by atoms with E-state index in [9.17, 15) is 27.9 Å². The first-order valence-corrected chi connectivity index (χ1v) is 8.09. The second kappa shape index (κ2) is 6.82. The van der Waals surface area contributed by atoms with Crippen LogP contribution in [0, 0.1) is 5.92 Å². The van der Waals surface area contributed by atoms with Gasteiger partial charge in [-0.1, -0.05) is 23.7 Å². The van der Waals surface area contributed by atoms with Crippen LogP contribution in [0.4, 0.5) is 18.0 Å². The predicted molar refractivity (Wildman–Crippen MR) is 88.9 cm³/mol. The summed E-state index contributed by atoms with van der Waals surface area (Å²) in [5.74, 6) is -3.15. The molecule has 1 aliphatic rings. The lowest BCUT2D eigenvalue weighted by molar-refractivity contribution is -0.287. The van der Waals surface area contributed by atoms with Crippen LogP contribution < -0.4 is 10.6 Å². The van der Waals surface area contributed by atoms with Gasteiger partial charge in [-0.15, -0.1) is 0 Å². The Hall–Kier alpha value is -2.65. The van der Waals surface area contributed by atoms with Crippen LogP contribution in [0.1, 0.15) is 22.0 Å². The Kier molecular flexibility index (Phi) is 4.83. The van der Waals surface area contributed by atoms with Crippen molar-refractivity contribution < 1.29 is 27.9 Å². The average Bonchev–Trinajstić information content (AvgIpc) is 2.60. The van der Waals surface area contributed by atoms with E-state index in [0.717, 1.165) is 6.20 Å². The fourth-order valence-electron chi connectivity index (χ4n) is 3.00. The zero-order chi connectivity index (χ0) is 19.8. The zero-order valence-electron chi connectivity index (χ0n) is 13.5. The third-order valence-electron chi connectivity index (χ3n) is 4.24.